The fourth-order valence-corrected chi connectivity index (χ4v) is 2.61. The average molecular weight is 272 g/mol. The van der Waals surface area contributed by atoms with Crippen molar-refractivity contribution >= 4 is 29.0 Å². The molecule has 2 aromatic carbocycles. The summed E-state index contributed by atoms with van der Waals surface area (Å²) in [4.78, 5) is 13.2. The minimum atomic E-state index is -0.0604. The van der Waals surface area contributed by atoms with Gasteiger partial charge in [-0.3, -0.25) is 4.79 Å². The summed E-state index contributed by atoms with van der Waals surface area (Å²) in [5.41, 5.74) is 8.49. The van der Waals surface area contributed by atoms with Crippen LogP contribution >= 0.6 is 11.8 Å². The summed E-state index contributed by atoms with van der Waals surface area (Å²) in [6.45, 7) is 3.55. The van der Waals surface area contributed by atoms with Crippen molar-refractivity contribution in [3.05, 3.63) is 48.0 Å². The smallest absolute Gasteiger partial charge is 0.221 e. The lowest BCUT2D eigenvalue weighted by molar-refractivity contribution is -0.114. The number of aryl methyl sites for hydroxylation is 1. The monoisotopic (exact) mass is 272 g/mol. The van der Waals surface area contributed by atoms with Crippen molar-refractivity contribution in [2.75, 3.05) is 11.1 Å². The molecular formula is C15H16N2OS. The van der Waals surface area contributed by atoms with Gasteiger partial charge in [-0.1, -0.05) is 11.8 Å². The molecule has 4 heteroatoms. The Morgan fingerprint density at radius 3 is 2.42 bits per heavy atom. The van der Waals surface area contributed by atoms with E-state index >= 15 is 0 Å². The Balaban J connectivity index is 2.13. The maximum absolute atomic E-state index is 10.9. The molecule has 3 N–H and O–H groups in total. The van der Waals surface area contributed by atoms with E-state index in [1.54, 1.807) is 11.8 Å². The number of hydrogen-bond donors (Lipinski definition) is 2. The van der Waals surface area contributed by atoms with E-state index in [4.69, 9.17) is 5.73 Å². The molecule has 0 spiro atoms. The van der Waals surface area contributed by atoms with Crippen LogP contribution in [0.3, 0.4) is 0 Å². The summed E-state index contributed by atoms with van der Waals surface area (Å²) in [6.07, 6.45) is 0. The maximum Gasteiger partial charge on any atom is 0.221 e. The van der Waals surface area contributed by atoms with Crippen LogP contribution in [-0.4, -0.2) is 5.91 Å². The molecule has 0 saturated heterocycles. The summed E-state index contributed by atoms with van der Waals surface area (Å²) < 4.78 is 0. The van der Waals surface area contributed by atoms with E-state index in [2.05, 4.69) is 5.32 Å². The van der Waals surface area contributed by atoms with Crippen LogP contribution in [0.15, 0.2) is 52.3 Å². The molecule has 0 bridgehead atoms. The molecule has 3 nitrogen and oxygen atoms in total. The van der Waals surface area contributed by atoms with Gasteiger partial charge in [-0.2, -0.15) is 0 Å². The van der Waals surface area contributed by atoms with Gasteiger partial charge in [-0.25, -0.2) is 0 Å². The number of carbonyl (C=O) groups excluding carboxylic acids is 1. The zero-order chi connectivity index (χ0) is 13.8. The van der Waals surface area contributed by atoms with Crippen molar-refractivity contribution in [3.8, 4) is 0 Å². The number of benzene rings is 2. The molecule has 0 aliphatic carbocycles. The average Bonchev–Trinajstić information content (AvgIpc) is 2.34. The molecule has 1 amide bonds. The number of nitrogens with one attached hydrogen (secondary N) is 1. The van der Waals surface area contributed by atoms with E-state index in [1.807, 2.05) is 49.4 Å². The maximum atomic E-state index is 10.9. The lowest BCUT2D eigenvalue weighted by atomic mass is 10.2. The first-order chi connectivity index (χ1) is 9.04. The number of hydrogen-bond acceptors (Lipinski definition) is 3. The van der Waals surface area contributed by atoms with Crippen LogP contribution in [0, 0.1) is 6.92 Å². The second-order valence-corrected chi connectivity index (χ2v) is 5.45. The highest BCUT2D eigenvalue weighted by Crippen LogP contribution is 2.31. The normalized spacial score (nSPS) is 10.2. The van der Waals surface area contributed by atoms with E-state index in [-0.39, 0.29) is 5.91 Å². The molecule has 98 valence electrons. The van der Waals surface area contributed by atoms with Crippen LogP contribution in [0.5, 0.6) is 0 Å². The minimum absolute atomic E-state index is 0.0604. The third-order valence-electron chi connectivity index (χ3n) is 2.60. The second-order valence-electron chi connectivity index (χ2n) is 4.33. The van der Waals surface area contributed by atoms with E-state index < -0.39 is 0 Å². The van der Waals surface area contributed by atoms with E-state index in [1.165, 1.54) is 11.8 Å². The number of carbonyl (C=O) groups is 1. The topological polar surface area (TPSA) is 55.1 Å². The van der Waals surface area contributed by atoms with Crippen LogP contribution in [0.4, 0.5) is 11.4 Å². The van der Waals surface area contributed by atoms with Crippen LogP contribution in [0.25, 0.3) is 0 Å². The lowest BCUT2D eigenvalue weighted by Gasteiger charge is -2.07. The van der Waals surface area contributed by atoms with Gasteiger partial charge in [-0.05, 0) is 55.0 Å². The van der Waals surface area contributed by atoms with Crippen LogP contribution in [0.2, 0.25) is 0 Å². The molecule has 0 radical (unpaired) electrons. The van der Waals surface area contributed by atoms with Gasteiger partial charge >= 0.3 is 0 Å². The summed E-state index contributed by atoms with van der Waals surface area (Å²) in [5.74, 6) is -0.0604. The van der Waals surface area contributed by atoms with Gasteiger partial charge in [0, 0.05) is 28.1 Å². The van der Waals surface area contributed by atoms with Gasteiger partial charge in [0.1, 0.15) is 0 Å². The molecule has 0 aliphatic rings. The highest BCUT2D eigenvalue weighted by Gasteiger charge is 2.02. The number of anilines is 2. The Labute approximate surface area is 117 Å². The van der Waals surface area contributed by atoms with Crippen molar-refractivity contribution < 1.29 is 4.79 Å². The van der Waals surface area contributed by atoms with Crippen molar-refractivity contribution in [2.45, 2.75) is 23.6 Å². The van der Waals surface area contributed by atoms with Gasteiger partial charge in [0.2, 0.25) is 5.91 Å². The molecule has 2 rings (SSSR count). The van der Waals surface area contributed by atoms with Gasteiger partial charge < -0.3 is 11.1 Å². The van der Waals surface area contributed by atoms with E-state index in [0.717, 1.165) is 21.8 Å². The highest BCUT2D eigenvalue weighted by molar-refractivity contribution is 7.99. The Bertz CT molecular complexity index is 594. The lowest BCUT2D eigenvalue weighted by Crippen LogP contribution is -2.05. The Morgan fingerprint density at radius 2 is 1.84 bits per heavy atom. The quantitative estimate of drug-likeness (QED) is 0.838. The molecule has 19 heavy (non-hydrogen) atoms. The van der Waals surface area contributed by atoms with Gasteiger partial charge in [0.25, 0.3) is 0 Å². The third kappa shape index (κ3) is 3.76. The van der Waals surface area contributed by atoms with E-state index in [9.17, 15) is 4.79 Å². The largest absolute Gasteiger partial charge is 0.399 e. The van der Waals surface area contributed by atoms with Gasteiger partial charge in [-0.15, -0.1) is 0 Å². The standard InChI is InChI=1S/C15H16N2OS/c1-10-9-12(16)3-8-15(10)19-14-6-4-13(5-7-14)17-11(2)18/h3-9H,16H2,1-2H3,(H,17,18). The molecule has 0 aromatic heterocycles. The van der Waals surface area contributed by atoms with Gasteiger partial charge in [0.15, 0.2) is 0 Å². The molecule has 0 heterocycles. The third-order valence-corrected chi connectivity index (χ3v) is 3.79. The summed E-state index contributed by atoms with van der Waals surface area (Å²) >= 11 is 1.68. The molecule has 2 aromatic rings. The van der Waals surface area contributed by atoms with Crippen molar-refractivity contribution in [2.24, 2.45) is 0 Å². The van der Waals surface area contributed by atoms with Crippen molar-refractivity contribution in [1.82, 2.24) is 0 Å². The fourth-order valence-electron chi connectivity index (χ4n) is 1.72. The van der Waals surface area contributed by atoms with Crippen LogP contribution in [0.1, 0.15) is 12.5 Å². The summed E-state index contributed by atoms with van der Waals surface area (Å²) in [5, 5.41) is 2.75. The predicted molar refractivity (Wildman–Crippen MR) is 80.5 cm³/mol. The predicted octanol–water partition coefficient (Wildman–Crippen LogP) is 3.69. The molecular weight excluding hydrogens is 256 g/mol. The summed E-state index contributed by atoms with van der Waals surface area (Å²) in [6, 6.07) is 13.7. The zero-order valence-electron chi connectivity index (χ0n) is 10.9. The summed E-state index contributed by atoms with van der Waals surface area (Å²) in [7, 11) is 0. The van der Waals surface area contributed by atoms with Crippen molar-refractivity contribution in [3.63, 3.8) is 0 Å². The fraction of sp³-hybridized carbons (Fsp3) is 0.133. The molecule has 0 unspecified atom stereocenters. The Kier molecular flexibility index (Phi) is 4.12. The van der Waals surface area contributed by atoms with Crippen molar-refractivity contribution in [1.29, 1.82) is 0 Å². The number of amides is 1. The first kappa shape index (κ1) is 13.5. The molecule has 0 atom stereocenters. The Morgan fingerprint density at radius 1 is 1.16 bits per heavy atom. The molecule has 0 saturated carbocycles. The number of rotatable bonds is 3. The van der Waals surface area contributed by atoms with Gasteiger partial charge in [0.05, 0.1) is 0 Å². The number of nitrogens with two attached hydrogens (primary N) is 1. The van der Waals surface area contributed by atoms with Crippen LogP contribution < -0.4 is 11.1 Å². The molecule has 0 aliphatic heterocycles. The first-order valence-corrected chi connectivity index (χ1v) is 6.78. The van der Waals surface area contributed by atoms with E-state index in [0.29, 0.717) is 0 Å². The first-order valence-electron chi connectivity index (χ1n) is 5.96. The Hall–Kier alpha value is -1.94. The highest BCUT2D eigenvalue weighted by atomic mass is 32.2. The zero-order valence-corrected chi connectivity index (χ0v) is 11.8. The SMILES string of the molecule is CC(=O)Nc1ccc(Sc2ccc(N)cc2C)cc1. The number of nitrogen functional groups attached to an aromatic ring is 1. The molecule has 0 fully saturated rings. The second kappa shape index (κ2) is 5.80. The van der Waals surface area contributed by atoms with Crippen LogP contribution in [-0.2, 0) is 4.79 Å². The minimum Gasteiger partial charge on any atom is -0.399 e.